The number of carbonyl (C=O) groups is 1. The van der Waals surface area contributed by atoms with E-state index in [1.54, 1.807) is 0 Å². The minimum atomic E-state index is -4.19. The number of hydrogen-bond acceptors (Lipinski definition) is 6. The van der Waals surface area contributed by atoms with Crippen molar-refractivity contribution in [3.05, 3.63) is 12.7 Å². The van der Waals surface area contributed by atoms with Gasteiger partial charge in [-0.05, 0) is 19.3 Å². The molecule has 23 heavy (non-hydrogen) atoms. The van der Waals surface area contributed by atoms with Crippen molar-refractivity contribution < 1.29 is 32.5 Å². The third-order valence-corrected chi connectivity index (χ3v) is 3.92. The van der Waals surface area contributed by atoms with Crippen molar-refractivity contribution in [1.82, 2.24) is 0 Å². The molecule has 0 bridgehead atoms. The van der Waals surface area contributed by atoms with Gasteiger partial charge in [0.2, 0.25) is 0 Å². The molecule has 7 nitrogen and oxygen atoms in total. The summed E-state index contributed by atoms with van der Waals surface area (Å²) in [6.45, 7) is 4.74. The summed E-state index contributed by atoms with van der Waals surface area (Å²) < 4.78 is 26.7. The lowest BCUT2D eigenvalue weighted by atomic mass is 10.2. The van der Waals surface area contributed by atoms with Crippen molar-refractivity contribution in [2.24, 2.45) is 0 Å². The molecule has 0 aliphatic rings. The molecule has 0 aromatic rings. The predicted octanol–water partition coefficient (Wildman–Crippen LogP) is 1.87. The summed E-state index contributed by atoms with van der Waals surface area (Å²) in [7, 11) is 1.91. The Labute approximate surface area is 139 Å². The molecular weight excluding hydrogens is 321 g/mol. The maximum Gasteiger partial charge on any atom is 0.330 e. The van der Waals surface area contributed by atoms with Crippen molar-refractivity contribution in [3.8, 4) is 0 Å². The summed E-state index contributed by atoms with van der Waals surface area (Å²) in [4.78, 5) is 22.3. The van der Waals surface area contributed by atoms with Gasteiger partial charge < -0.3 is 23.2 Å². The molecule has 0 aromatic heterocycles. The fourth-order valence-corrected chi connectivity index (χ4v) is 2.50. The molecule has 0 rings (SSSR count). The van der Waals surface area contributed by atoms with Gasteiger partial charge in [0.15, 0.2) is 0 Å². The molecule has 0 spiro atoms. The van der Waals surface area contributed by atoms with Crippen molar-refractivity contribution in [1.29, 1.82) is 0 Å². The van der Waals surface area contributed by atoms with Gasteiger partial charge in [0.25, 0.3) is 7.82 Å². The van der Waals surface area contributed by atoms with Crippen LogP contribution in [0.3, 0.4) is 0 Å². The normalized spacial score (nSPS) is 14.3. The Kier molecular flexibility index (Phi) is 11.4. The van der Waals surface area contributed by atoms with Crippen LogP contribution in [0, 0.1) is 0 Å². The molecule has 0 aliphatic carbocycles. The van der Waals surface area contributed by atoms with E-state index in [9.17, 15) is 14.3 Å². The number of hydrogen-bond donors (Lipinski definition) is 0. The van der Waals surface area contributed by atoms with Gasteiger partial charge in [-0.1, -0.05) is 13.0 Å². The topological polar surface area (TPSA) is 84.9 Å². The van der Waals surface area contributed by atoms with Crippen molar-refractivity contribution >= 4 is 13.8 Å². The standard InChI is InChI=1S/C15H30NO6P/c1-5-15(17)20-12-8-6-7-9-13-21-23(18,19)22-14-10-11-16(2,3)4/h5H,1,6-14H2,2-4H3. The summed E-state index contributed by atoms with van der Waals surface area (Å²) in [5.41, 5.74) is 0. The van der Waals surface area contributed by atoms with Crippen LogP contribution in [0.1, 0.15) is 32.1 Å². The Hall–Kier alpha value is -0.720. The third-order valence-electron chi connectivity index (χ3n) is 2.92. The Balaban J connectivity index is 3.53. The number of quaternary nitrogens is 1. The molecule has 0 saturated carbocycles. The maximum absolute atomic E-state index is 11.5. The average Bonchev–Trinajstić information content (AvgIpc) is 2.45. The summed E-state index contributed by atoms with van der Waals surface area (Å²) in [6, 6.07) is 0. The molecule has 8 heteroatoms. The van der Waals surface area contributed by atoms with E-state index < -0.39 is 13.8 Å². The number of phosphoric ester groups is 1. The molecular formula is C15H30NO6P. The fraction of sp³-hybridized carbons (Fsp3) is 0.800. The minimum absolute atomic E-state index is 0.114. The zero-order valence-electron chi connectivity index (χ0n) is 14.5. The molecule has 136 valence electrons. The highest BCUT2D eigenvalue weighted by Crippen LogP contribution is 2.38. The lowest BCUT2D eigenvalue weighted by molar-refractivity contribution is -0.870. The molecule has 1 unspecified atom stereocenters. The van der Waals surface area contributed by atoms with Gasteiger partial charge in [-0.15, -0.1) is 0 Å². The van der Waals surface area contributed by atoms with Gasteiger partial charge in [-0.2, -0.15) is 0 Å². The maximum atomic E-state index is 11.5. The van der Waals surface area contributed by atoms with Crippen LogP contribution in [0.25, 0.3) is 0 Å². The highest BCUT2D eigenvalue weighted by Gasteiger charge is 2.11. The predicted molar refractivity (Wildman–Crippen MR) is 86.7 cm³/mol. The van der Waals surface area contributed by atoms with Crippen LogP contribution < -0.4 is 4.89 Å². The van der Waals surface area contributed by atoms with Crippen LogP contribution in [-0.4, -0.2) is 58.0 Å². The number of esters is 1. The summed E-state index contributed by atoms with van der Waals surface area (Å²) in [6.07, 6.45) is 4.76. The second kappa shape index (κ2) is 11.8. The number of unbranched alkanes of at least 4 members (excludes halogenated alkanes) is 3. The zero-order chi connectivity index (χ0) is 17.8. The third kappa shape index (κ3) is 15.9. The van der Waals surface area contributed by atoms with Gasteiger partial charge >= 0.3 is 5.97 Å². The van der Waals surface area contributed by atoms with E-state index in [0.717, 1.165) is 36.4 Å². The summed E-state index contributed by atoms with van der Waals surface area (Å²) >= 11 is 0. The van der Waals surface area contributed by atoms with Crippen LogP contribution in [0.15, 0.2) is 12.7 Å². The fourth-order valence-electron chi connectivity index (χ4n) is 1.72. The molecule has 0 radical (unpaired) electrons. The summed E-state index contributed by atoms with van der Waals surface area (Å²) in [5, 5.41) is 0. The van der Waals surface area contributed by atoms with Crippen LogP contribution >= 0.6 is 7.82 Å². The SMILES string of the molecule is C=CC(=O)OCCCCCCOP(=O)([O-])OCCC[N+](C)(C)C. The highest BCUT2D eigenvalue weighted by atomic mass is 31.2. The van der Waals surface area contributed by atoms with Crippen LogP contribution in [0.2, 0.25) is 0 Å². The first-order valence-corrected chi connectivity index (χ1v) is 9.32. The monoisotopic (exact) mass is 351 g/mol. The molecule has 0 fully saturated rings. The van der Waals surface area contributed by atoms with Gasteiger partial charge in [-0.25, -0.2) is 4.79 Å². The van der Waals surface area contributed by atoms with Gasteiger partial charge in [-0.3, -0.25) is 4.57 Å². The average molecular weight is 351 g/mol. The quantitative estimate of drug-likeness (QED) is 0.156. The van der Waals surface area contributed by atoms with E-state index in [4.69, 9.17) is 13.8 Å². The summed E-state index contributed by atoms with van der Waals surface area (Å²) in [5.74, 6) is -0.428. The van der Waals surface area contributed by atoms with E-state index in [1.807, 2.05) is 21.1 Å². The number of ether oxygens (including phenoxy) is 1. The van der Waals surface area contributed by atoms with E-state index in [-0.39, 0.29) is 13.2 Å². The Morgan fingerprint density at radius 3 is 2.09 bits per heavy atom. The number of rotatable bonds is 14. The van der Waals surface area contributed by atoms with Crippen LogP contribution in [-0.2, 0) is 23.1 Å². The Morgan fingerprint density at radius 1 is 1.04 bits per heavy atom. The van der Waals surface area contributed by atoms with Gasteiger partial charge in [0, 0.05) is 12.5 Å². The van der Waals surface area contributed by atoms with E-state index in [0.29, 0.717) is 19.4 Å². The highest BCUT2D eigenvalue weighted by molar-refractivity contribution is 7.45. The number of nitrogens with zero attached hydrogens (tertiary/aromatic N) is 1. The first-order chi connectivity index (χ1) is 10.7. The minimum Gasteiger partial charge on any atom is -0.756 e. The lowest BCUT2D eigenvalue weighted by Crippen LogP contribution is -2.35. The van der Waals surface area contributed by atoms with Crippen molar-refractivity contribution in [2.75, 3.05) is 47.5 Å². The smallest absolute Gasteiger partial charge is 0.330 e. The zero-order valence-corrected chi connectivity index (χ0v) is 15.4. The number of phosphoric acid groups is 1. The van der Waals surface area contributed by atoms with Crippen LogP contribution in [0.4, 0.5) is 0 Å². The van der Waals surface area contributed by atoms with Crippen LogP contribution in [0.5, 0.6) is 0 Å². The second-order valence-electron chi connectivity index (χ2n) is 6.27. The molecule has 0 N–H and O–H groups in total. The van der Waals surface area contributed by atoms with Crippen molar-refractivity contribution in [3.63, 3.8) is 0 Å². The van der Waals surface area contributed by atoms with E-state index in [2.05, 4.69) is 6.58 Å². The molecule has 0 amide bonds. The van der Waals surface area contributed by atoms with Gasteiger partial charge in [0.05, 0.1) is 47.5 Å². The first kappa shape index (κ1) is 22.3. The Morgan fingerprint density at radius 2 is 1.57 bits per heavy atom. The molecule has 0 aliphatic heterocycles. The molecule has 0 aromatic carbocycles. The van der Waals surface area contributed by atoms with Crippen molar-refractivity contribution in [2.45, 2.75) is 32.1 Å². The molecule has 0 heterocycles. The van der Waals surface area contributed by atoms with E-state index >= 15 is 0 Å². The Bertz CT molecular complexity index is 394. The molecule has 0 saturated heterocycles. The molecule has 1 atom stereocenters. The van der Waals surface area contributed by atoms with Gasteiger partial charge in [0.1, 0.15) is 0 Å². The largest absolute Gasteiger partial charge is 0.756 e. The first-order valence-electron chi connectivity index (χ1n) is 7.86. The lowest BCUT2D eigenvalue weighted by Gasteiger charge is -2.26. The second-order valence-corrected chi connectivity index (χ2v) is 7.68. The van der Waals surface area contributed by atoms with E-state index in [1.165, 1.54) is 0 Å². The number of carbonyl (C=O) groups excluding carboxylic acids is 1.